The van der Waals surface area contributed by atoms with Gasteiger partial charge in [0.2, 0.25) is 5.91 Å². The molecule has 2 heterocycles. The summed E-state index contributed by atoms with van der Waals surface area (Å²) in [5.41, 5.74) is 5.43. The first-order valence-corrected chi connectivity index (χ1v) is 9.82. The summed E-state index contributed by atoms with van der Waals surface area (Å²) in [5.74, 6) is 1.12. The van der Waals surface area contributed by atoms with E-state index < -0.39 is 0 Å². The molecule has 2 aromatic heterocycles. The van der Waals surface area contributed by atoms with E-state index in [1.165, 1.54) is 5.56 Å². The van der Waals surface area contributed by atoms with E-state index in [0.717, 1.165) is 28.3 Å². The Morgan fingerprint density at radius 2 is 1.63 bits per heavy atom. The molecule has 0 atom stereocenters. The van der Waals surface area contributed by atoms with Gasteiger partial charge in [-0.15, -0.1) is 0 Å². The van der Waals surface area contributed by atoms with Crippen LogP contribution in [-0.2, 0) is 11.3 Å². The molecular weight excluding hydrogens is 376 g/mol. The molecule has 152 valence electrons. The third kappa shape index (κ3) is 3.87. The molecule has 0 unspecified atom stereocenters. The third-order valence-corrected chi connectivity index (χ3v) is 4.94. The van der Waals surface area contributed by atoms with Crippen molar-refractivity contribution in [1.29, 1.82) is 0 Å². The summed E-state index contributed by atoms with van der Waals surface area (Å²) in [6.45, 7) is 7.78. The first-order valence-electron chi connectivity index (χ1n) is 9.82. The van der Waals surface area contributed by atoms with Gasteiger partial charge in [-0.05, 0) is 39.8 Å². The summed E-state index contributed by atoms with van der Waals surface area (Å²) < 4.78 is 3.48. The van der Waals surface area contributed by atoms with Gasteiger partial charge in [0.1, 0.15) is 12.4 Å². The average molecular weight is 400 g/mol. The SMILES string of the molecule is Cc1ccc(-n2nc(C)c(NC(=O)Cn3nc(C)nc3-c3ccccc3)c2C)cc1. The van der Waals surface area contributed by atoms with Crippen molar-refractivity contribution in [2.24, 2.45) is 0 Å². The number of carbonyl (C=O) groups is 1. The Labute approximate surface area is 175 Å². The maximum Gasteiger partial charge on any atom is 0.246 e. The predicted octanol–water partition coefficient (Wildman–Crippen LogP) is 4.00. The Morgan fingerprint density at radius 3 is 2.33 bits per heavy atom. The highest BCUT2D eigenvalue weighted by molar-refractivity contribution is 5.92. The molecule has 7 nitrogen and oxygen atoms in total. The van der Waals surface area contributed by atoms with Crippen molar-refractivity contribution in [2.45, 2.75) is 34.2 Å². The highest BCUT2D eigenvalue weighted by Gasteiger charge is 2.18. The maximum absolute atomic E-state index is 12.8. The van der Waals surface area contributed by atoms with Gasteiger partial charge in [0, 0.05) is 5.56 Å². The second-order valence-corrected chi connectivity index (χ2v) is 7.35. The highest BCUT2D eigenvalue weighted by Crippen LogP contribution is 2.23. The number of amides is 1. The summed E-state index contributed by atoms with van der Waals surface area (Å²) in [6.07, 6.45) is 0. The summed E-state index contributed by atoms with van der Waals surface area (Å²) in [7, 11) is 0. The number of aromatic nitrogens is 5. The summed E-state index contributed by atoms with van der Waals surface area (Å²) in [5, 5.41) is 12.0. The monoisotopic (exact) mass is 400 g/mol. The van der Waals surface area contributed by atoms with Gasteiger partial charge in [-0.2, -0.15) is 10.2 Å². The predicted molar refractivity (Wildman–Crippen MR) is 117 cm³/mol. The van der Waals surface area contributed by atoms with E-state index in [4.69, 9.17) is 0 Å². The Balaban J connectivity index is 1.57. The van der Waals surface area contributed by atoms with Crippen LogP contribution in [-0.4, -0.2) is 30.5 Å². The number of nitrogens with zero attached hydrogens (tertiary/aromatic N) is 5. The molecule has 1 N–H and O–H groups in total. The zero-order valence-corrected chi connectivity index (χ0v) is 17.5. The first kappa shape index (κ1) is 19.6. The number of benzene rings is 2. The molecule has 4 aromatic rings. The Morgan fingerprint density at radius 1 is 0.933 bits per heavy atom. The molecule has 0 aliphatic rings. The normalized spacial score (nSPS) is 10.9. The minimum atomic E-state index is -0.174. The fourth-order valence-electron chi connectivity index (χ4n) is 3.44. The number of rotatable bonds is 5. The van der Waals surface area contributed by atoms with E-state index >= 15 is 0 Å². The fourth-order valence-corrected chi connectivity index (χ4v) is 3.44. The van der Waals surface area contributed by atoms with Gasteiger partial charge in [0.05, 0.1) is 22.8 Å². The number of hydrogen-bond donors (Lipinski definition) is 1. The molecule has 0 bridgehead atoms. The van der Waals surface area contributed by atoms with Gasteiger partial charge in [0.15, 0.2) is 5.82 Å². The molecule has 0 saturated heterocycles. The van der Waals surface area contributed by atoms with Crippen molar-refractivity contribution in [3.63, 3.8) is 0 Å². The Hall–Kier alpha value is -3.74. The topological polar surface area (TPSA) is 77.6 Å². The lowest BCUT2D eigenvalue weighted by atomic mass is 10.2. The van der Waals surface area contributed by atoms with Crippen LogP contribution in [0.25, 0.3) is 17.1 Å². The van der Waals surface area contributed by atoms with E-state index in [9.17, 15) is 4.79 Å². The molecule has 0 aliphatic carbocycles. The molecular formula is C23H24N6O. The smallest absolute Gasteiger partial charge is 0.246 e. The van der Waals surface area contributed by atoms with Crippen LogP contribution < -0.4 is 5.32 Å². The van der Waals surface area contributed by atoms with Gasteiger partial charge in [-0.3, -0.25) is 4.79 Å². The van der Waals surface area contributed by atoms with Gasteiger partial charge < -0.3 is 5.32 Å². The molecule has 30 heavy (non-hydrogen) atoms. The summed E-state index contributed by atoms with van der Waals surface area (Å²) in [6, 6.07) is 17.9. The number of anilines is 1. The number of aryl methyl sites for hydroxylation is 3. The van der Waals surface area contributed by atoms with Crippen LogP contribution in [0.1, 0.15) is 22.8 Å². The lowest BCUT2D eigenvalue weighted by Gasteiger charge is -2.09. The zero-order valence-electron chi connectivity index (χ0n) is 17.5. The van der Waals surface area contributed by atoms with Gasteiger partial charge in [-0.1, -0.05) is 48.0 Å². The van der Waals surface area contributed by atoms with E-state index in [-0.39, 0.29) is 12.5 Å². The molecule has 2 aromatic carbocycles. The minimum Gasteiger partial charge on any atom is -0.321 e. The van der Waals surface area contributed by atoms with Crippen LogP contribution in [0.5, 0.6) is 0 Å². The van der Waals surface area contributed by atoms with Gasteiger partial charge >= 0.3 is 0 Å². The van der Waals surface area contributed by atoms with Crippen LogP contribution in [0.3, 0.4) is 0 Å². The summed E-state index contributed by atoms with van der Waals surface area (Å²) in [4.78, 5) is 17.3. The lowest BCUT2D eigenvalue weighted by molar-refractivity contribution is -0.116. The molecule has 7 heteroatoms. The van der Waals surface area contributed by atoms with Crippen LogP contribution >= 0.6 is 0 Å². The van der Waals surface area contributed by atoms with Crippen molar-refractivity contribution >= 4 is 11.6 Å². The molecule has 0 saturated carbocycles. The summed E-state index contributed by atoms with van der Waals surface area (Å²) >= 11 is 0. The van der Waals surface area contributed by atoms with Crippen molar-refractivity contribution in [3.05, 3.63) is 77.4 Å². The van der Waals surface area contributed by atoms with Crippen LogP contribution in [0.4, 0.5) is 5.69 Å². The van der Waals surface area contributed by atoms with Crippen molar-refractivity contribution in [2.75, 3.05) is 5.32 Å². The molecule has 0 spiro atoms. The van der Waals surface area contributed by atoms with Crippen LogP contribution in [0.15, 0.2) is 54.6 Å². The number of nitrogens with one attached hydrogen (secondary N) is 1. The van der Waals surface area contributed by atoms with Crippen LogP contribution in [0.2, 0.25) is 0 Å². The second kappa shape index (κ2) is 7.94. The van der Waals surface area contributed by atoms with Crippen molar-refractivity contribution in [1.82, 2.24) is 24.5 Å². The average Bonchev–Trinajstić information content (AvgIpc) is 3.23. The number of hydrogen-bond acceptors (Lipinski definition) is 4. The second-order valence-electron chi connectivity index (χ2n) is 7.35. The molecule has 0 aliphatic heterocycles. The molecule has 1 amide bonds. The molecule has 0 radical (unpaired) electrons. The lowest BCUT2D eigenvalue weighted by Crippen LogP contribution is -2.21. The first-order chi connectivity index (χ1) is 14.4. The largest absolute Gasteiger partial charge is 0.321 e. The van der Waals surface area contributed by atoms with E-state index in [2.05, 4.69) is 20.5 Å². The van der Waals surface area contributed by atoms with Crippen LogP contribution in [0, 0.1) is 27.7 Å². The fraction of sp³-hybridized carbons (Fsp3) is 0.217. The molecule has 4 rings (SSSR count). The zero-order chi connectivity index (χ0) is 21.3. The Kier molecular flexibility index (Phi) is 5.18. The Bertz CT molecular complexity index is 1190. The van der Waals surface area contributed by atoms with Gasteiger partial charge in [-0.25, -0.2) is 14.3 Å². The highest BCUT2D eigenvalue weighted by atomic mass is 16.2. The van der Waals surface area contributed by atoms with Gasteiger partial charge in [0.25, 0.3) is 0 Å². The quantitative estimate of drug-likeness (QED) is 0.549. The van der Waals surface area contributed by atoms with E-state index in [0.29, 0.717) is 11.6 Å². The minimum absolute atomic E-state index is 0.0691. The maximum atomic E-state index is 12.8. The molecule has 0 fully saturated rings. The standard InChI is InChI=1S/C23H24N6O/c1-15-10-12-20(13-11-15)29-17(3)22(16(2)26-29)25-21(30)14-28-23(24-18(4)27-28)19-8-6-5-7-9-19/h5-13H,14H2,1-4H3,(H,25,30). The number of carbonyl (C=O) groups excluding carboxylic acids is 1. The third-order valence-electron chi connectivity index (χ3n) is 4.94. The van der Waals surface area contributed by atoms with E-state index in [1.807, 2.05) is 87.0 Å². The van der Waals surface area contributed by atoms with Crippen molar-refractivity contribution < 1.29 is 4.79 Å². The van der Waals surface area contributed by atoms with E-state index in [1.54, 1.807) is 4.68 Å². The van der Waals surface area contributed by atoms with Crippen molar-refractivity contribution in [3.8, 4) is 17.1 Å².